The van der Waals surface area contributed by atoms with Crippen LogP contribution in [0.15, 0.2) is 36.4 Å². The number of nitrogens with zero attached hydrogens (tertiary/aromatic N) is 3. The molecule has 1 aliphatic rings. The highest BCUT2D eigenvalue weighted by Gasteiger charge is 2.32. The summed E-state index contributed by atoms with van der Waals surface area (Å²) in [4.78, 5) is 2.15. The van der Waals surface area contributed by atoms with Gasteiger partial charge in [0.15, 0.2) is 0 Å². The van der Waals surface area contributed by atoms with Gasteiger partial charge in [0.05, 0.1) is 5.69 Å². The van der Waals surface area contributed by atoms with Crippen LogP contribution >= 0.6 is 23.2 Å². The Morgan fingerprint density at radius 2 is 1.81 bits per heavy atom. The minimum absolute atomic E-state index is 0.102. The number of nitrogens with two attached hydrogens (primary N) is 1. The lowest BCUT2D eigenvalue weighted by molar-refractivity contribution is 0.295. The number of fused-ring (bicyclic) bond motifs is 1. The number of hydrazine groups is 1. The summed E-state index contributed by atoms with van der Waals surface area (Å²) in [7, 11) is 1.28. The van der Waals surface area contributed by atoms with Crippen LogP contribution in [-0.2, 0) is 16.8 Å². The van der Waals surface area contributed by atoms with Crippen LogP contribution in [-0.4, -0.2) is 46.0 Å². The van der Waals surface area contributed by atoms with Gasteiger partial charge in [0.1, 0.15) is 0 Å². The molecule has 6 nitrogen and oxygen atoms in total. The number of hydrogen-bond donors (Lipinski definition) is 1. The van der Waals surface area contributed by atoms with Crippen molar-refractivity contribution in [2.24, 2.45) is 5.14 Å². The van der Waals surface area contributed by atoms with Gasteiger partial charge >= 0.3 is 10.2 Å². The second kappa shape index (κ2) is 7.58. The Hall–Kier alpha value is -1.35. The number of halogens is 2. The van der Waals surface area contributed by atoms with Crippen molar-refractivity contribution in [1.82, 2.24) is 9.91 Å². The molecule has 0 bridgehead atoms. The Morgan fingerprint density at radius 1 is 1.15 bits per heavy atom. The van der Waals surface area contributed by atoms with Crippen molar-refractivity contribution in [3.63, 3.8) is 0 Å². The molecule has 27 heavy (non-hydrogen) atoms. The summed E-state index contributed by atoms with van der Waals surface area (Å²) >= 11 is 12.7. The van der Waals surface area contributed by atoms with Crippen molar-refractivity contribution in [1.29, 1.82) is 0 Å². The average molecular weight is 429 g/mol. The van der Waals surface area contributed by atoms with Gasteiger partial charge < -0.3 is 4.90 Å². The number of benzene rings is 2. The van der Waals surface area contributed by atoms with E-state index in [9.17, 15) is 8.42 Å². The summed E-state index contributed by atoms with van der Waals surface area (Å²) < 4.78 is 25.6. The predicted octanol–water partition coefficient (Wildman–Crippen LogP) is 3.06. The zero-order chi connectivity index (χ0) is 19.9. The molecule has 0 saturated carbocycles. The average Bonchev–Trinajstić information content (AvgIpc) is 2.54. The quantitative estimate of drug-likeness (QED) is 0.759. The van der Waals surface area contributed by atoms with E-state index in [2.05, 4.69) is 4.90 Å². The molecular weight excluding hydrogens is 407 g/mol. The SMILES string of the molecule is CN1Cc2c(Cl)cc(Cl)cc2C(c2ccccc2N(N(C)C)S(N)(=O)=O)C1. The third-order valence-electron chi connectivity index (χ3n) is 4.62. The van der Waals surface area contributed by atoms with Crippen LogP contribution in [0.1, 0.15) is 22.6 Å². The molecule has 146 valence electrons. The largest absolute Gasteiger partial charge is 0.312 e. The Kier molecular flexibility index (Phi) is 5.72. The first-order valence-corrected chi connectivity index (χ1v) is 10.6. The second-order valence-electron chi connectivity index (χ2n) is 6.90. The summed E-state index contributed by atoms with van der Waals surface area (Å²) in [5.41, 5.74) is 3.35. The van der Waals surface area contributed by atoms with E-state index < -0.39 is 10.2 Å². The first kappa shape index (κ1) is 20.4. The second-order valence-corrected chi connectivity index (χ2v) is 9.12. The predicted molar refractivity (Wildman–Crippen MR) is 110 cm³/mol. The fraction of sp³-hybridized carbons (Fsp3) is 0.333. The molecule has 3 rings (SSSR count). The van der Waals surface area contributed by atoms with Crippen LogP contribution in [0, 0.1) is 0 Å². The first-order chi connectivity index (χ1) is 12.6. The molecule has 1 aliphatic heterocycles. The molecule has 1 atom stereocenters. The number of rotatable bonds is 4. The van der Waals surface area contributed by atoms with Crippen LogP contribution in [0.4, 0.5) is 5.69 Å². The standard InChI is InChI=1S/C18H22Cl2N4O2S/c1-22(2)24(27(21,25)26)18-7-5-4-6-13(18)15-10-23(3)11-16-14(15)8-12(19)9-17(16)20/h4-9,15H,10-11H2,1-3H3,(H2,21,25,26). The van der Waals surface area contributed by atoms with Gasteiger partial charge in [-0.25, -0.2) is 10.1 Å². The van der Waals surface area contributed by atoms with E-state index in [-0.39, 0.29) is 5.92 Å². The van der Waals surface area contributed by atoms with Crippen molar-refractivity contribution in [3.8, 4) is 0 Å². The first-order valence-electron chi connectivity index (χ1n) is 8.35. The zero-order valence-electron chi connectivity index (χ0n) is 15.4. The van der Waals surface area contributed by atoms with Gasteiger partial charge in [0.25, 0.3) is 0 Å². The van der Waals surface area contributed by atoms with Gasteiger partial charge in [-0.2, -0.15) is 12.8 Å². The van der Waals surface area contributed by atoms with Crippen LogP contribution in [0.25, 0.3) is 0 Å². The topological polar surface area (TPSA) is 69.9 Å². The number of anilines is 1. The van der Waals surface area contributed by atoms with Crippen LogP contribution < -0.4 is 9.55 Å². The van der Waals surface area contributed by atoms with Gasteiger partial charge in [0, 0.05) is 43.1 Å². The highest BCUT2D eigenvalue weighted by atomic mass is 35.5. The maximum atomic E-state index is 12.2. The van der Waals surface area contributed by atoms with E-state index in [4.69, 9.17) is 28.3 Å². The smallest absolute Gasteiger partial charge is 0.301 e. The number of para-hydroxylation sites is 1. The summed E-state index contributed by atoms with van der Waals surface area (Å²) in [5.74, 6) is -0.102. The fourth-order valence-electron chi connectivity index (χ4n) is 3.65. The van der Waals surface area contributed by atoms with E-state index in [1.54, 1.807) is 32.3 Å². The van der Waals surface area contributed by atoms with Gasteiger partial charge in [-0.05, 0) is 41.9 Å². The van der Waals surface area contributed by atoms with Gasteiger partial charge in [-0.15, -0.1) is 0 Å². The Bertz CT molecular complexity index is 966. The molecular formula is C18H22Cl2N4O2S. The maximum Gasteiger partial charge on any atom is 0.312 e. The molecule has 0 fully saturated rings. The highest BCUT2D eigenvalue weighted by Crippen LogP contribution is 2.41. The molecule has 0 saturated heterocycles. The molecule has 0 radical (unpaired) electrons. The summed E-state index contributed by atoms with van der Waals surface area (Å²) in [6, 6.07) is 11.0. The van der Waals surface area contributed by atoms with Crippen molar-refractivity contribution < 1.29 is 8.42 Å². The third-order valence-corrected chi connectivity index (χ3v) is 6.18. The fourth-order valence-corrected chi connectivity index (χ4v) is 5.11. The molecule has 1 heterocycles. The van der Waals surface area contributed by atoms with Crippen LogP contribution in [0.5, 0.6) is 0 Å². The monoisotopic (exact) mass is 428 g/mol. The zero-order valence-corrected chi connectivity index (χ0v) is 17.7. The van der Waals surface area contributed by atoms with E-state index in [1.165, 1.54) is 5.01 Å². The van der Waals surface area contributed by atoms with Gasteiger partial charge in [-0.1, -0.05) is 41.4 Å². The Balaban J connectivity index is 2.23. The molecule has 0 spiro atoms. The molecule has 2 aromatic rings. The van der Waals surface area contributed by atoms with E-state index in [0.29, 0.717) is 28.8 Å². The van der Waals surface area contributed by atoms with Crippen molar-refractivity contribution in [3.05, 3.63) is 63.1 Å². The van der Waals surface area contributed by atoms with Crippen LogP contribution in [0.3, 0.4) is 0 Å². The summed E-state index contributed by atoms with van der Waals surface area (Å²) in [6.07, 6.45) is 0. The van der Waals surface area contributed by atoms with Gasteiger partial charge in [-0.3, -0.25) is 0 Å². The maximum absolute atomic E-state index is 12.2. The molecule has 0 aromatic heterocycles. The summed E-state index contributed by atoms with van der Waals surface area (Å²) in [5, 5.41) is 8.11. The Morgan fingerprint density at radius 3 is 2.44 bits per heavy atom. The summed E-state index contributed by atoms with van der Waals surface area (Å²) in [6.45, 7) is 1.41. The number of likely N-dealkylation sites (N-methyl/N-ethyl adjacent to an activating group) is 1. The Labute approximate surface area is 170 Å². The minimum atomic E-state index is -3.99. The lowest BCUT2D eigenvalue weighted by atomic mass is 9.84. The lowest BCUT2D eigenvalue weighted by Crippen LogP contribution is -2.46. The molecule has 1 unspecified atom stereocenters. The normalized spacial score (nSPS) is 17.8. The molecule has 2 N–H and O–H groups in total. The molecule has 0 aliphatic carbocycles. The minimum Gasteiger partial charge on any atom is -0.301 e. The molecule has 2 aromatic carbocycles. The van der Waals surface area contributed by atoms with Gasteiger partial charge in [0.2, 0.25) is 0 Å². The molecule has 0 amide bonds. The lowest BCUT2D eigenvalue weighted by Gasteiger charge is -2.36. The van der Waals surface area contributed by atoms with Crippen molar-refractivity contribution in [2.45, 2.75) is 12.5 Å². The van der Waals surface area contributed by atoms with E-state index in [1.807, 2.05) is 25.2 Å². The van der Waals surface area contributed by atoms with E-state index in [0.717, 1.165) is 21.1 Å². The number of hydrogen-bond acceptors (Lipinski definition) is 4. The van der Waals surface area contributed by atoms with Crippen molar-refractivity contribution >= 4 is 39.1 Å². The van der Waals surface area contributed by atoms with Crippen molar-refractivity contribution in [2.75, 3.05) is 32.1 Å². The highest BCUT2D eigenvalue weighted by molar-refractivity contribution is 7.90. The van der Waals surface area contributed by atoms with Crippen LogP contribution in [0.2, 0.25) is 10.0 Å². The third kappa shape index (κ3) is 4.08. The molecule has 9 heteroatoms. The van der Waals surface area contributed by atoms with E-state index >= 15 is 0 Å².